The van der Waals surface area contributed by atoms with Crippen LogP contribution in [-0.2, 0) is 0 Å². The van der Waals surface area contributed by atoms with Crippen LogP contribution in [0, 0.1) is 5.92 Å². The molecule has 0 spiro atoms. The summed E-state index contributed by atoms with van der Waals surface area (Å²) in [7, 11) is 3.33. The summed E-state index contributed by atoms with van der Waals surface area (Å²) in [6.45, 7) is 0. The fourth-order valence-corrected chi connectivity index (χ4v) is 2.24. The fraction of sp³-hybridized carbons (Fsp3) is 0.571. The molecule has 1 atom stereocenters. The molecule has 0 bridgehead atoms. The van der Waals surface area contributed by atoms with Gasteiger partial charge in [-0.1, -0.05) is 18.9 Å². The first-order valence-electron chi connectivity index (χ1n) is 6.46. The monoisotopic (exact) mass is 250 g/mol. The van der Waals surface area contributed by atoms with Crippen LogP contribution < -0.4 is 20.7 Å². The third kappa shape index (κ3) is 3.15. The van der Waals surface area contributed by atoms with Gasteiger partial charge >= 0.3 is 0 Å². The van der Waals surface area contributed by atoms with Gasteiger partial charge in [-0.05, 0) is 24.8 Å². The summed E-state index contributed by atoms with van der Waals surface area (Å²) in [6.07, 6.45) is 5.02. The standard InChI is InChI=1S/C14H22N2O2/c1-17-11-6-7-12(14(9-11)18-2)13(16-15)8-5-10-3-4-10/h6-7,9-10,13,16H,3-5,8,15H2,1-2H3. The second kappa shape index (κ2) is 6.07. The predicted molar refractivity (Wildman–Crippen MR) is 71.6 cm³/mol. The molecule has 0 aliphatic heterocycles. The smallest absolute Gasteiger partial charge is 0.127 e. The van der Waals surface area contributed by atoms with Crippen molar-refractivity contribution in [3.63, 3.8) is 0 Å². The Labute approximate surface area is 108 Å². The Hall–Kier alpha value is -1.26. The minimum absolute atomic E-state index is 0.145. The van der Waals surface area contributed by atoms with Crippen LogP contribution in [0.1, 0.15) is 37.3 Å². The highest BCUT2D eigenvalue weighted by atomic mass is 16.5. The molecule has 0 radical (unpaired) electrons. The van der Waals surface area contributed by atoms with Crippen molar-refractivity contribution in [2.75, 3.05) is 14.2 Å². The summed E-state index contributed by atoms with van der Waals surface area (Å²) < 4.78 is 10.6. The number of methoxy groups -OCH3 is 2. The lowest BCUT2D eigenvalue weighted by Crippen LogP contribution is -2.28. The van der Waals surface area contributed by atoms with Crippen LogP contribution in [0.3, 0.4) is 0 Å². The number of nitrogens with one attached hydrogen (secondary N) is 1. The molecule has 1 aromatic carbocycles. The van der Waals surface area contributed by atoms with Crippen molar-refractivity contribution in [3.05, 3.63) is 23.8 Å². The molecule has 4 nitrogen and oxygen atoms in total. The van der Waals surface area contributed by atoms with Gasteiger partial charge < -0.3 is 9.47 Å². The lowest BCUT2D eigenvalue weighted by molar-refractivity contribution is 0.380. The zero-order valence-electron chi connectivity index (χ0n) is 11.1. The van der Waals surface area contributed by atoms with E-state index in [1.54, 1.807) is 14.2 Å². The molecule has 1 aliphatic carbocycles. The number of ether oxygens (including phenoxy) is 2. The van der Waals surface area contributed by atoms with Gasteiger partial charge in [0.05, 0.1) is 14.2 Å². The van der Waals surface area contributed by atoms with Crippen LogP contribution in [0.15, 0.2) is 18.2 Å². The second-order valence-electron chi connectivity index (χ2n) is 4.85. The average Bonchev–Trinajstić information content (AvgIpc) is 3.23. The number of nitrogens with two attached hydrogens (primary N) is 1. The maximum Gasteiger partial charge on any atom is 0.127 e. The maximum absolute atomic E-state index is 5.67. The molecule has 0 aromatic heterocycles. The van der Waals surface area contributed by atoms with Gasteiger partial charge in [-0.3, -0.25) is 11.3 Å². The minimum Gasteiger partial charge on any atom is -0.497 e. The quantitative estimate of drug-likeness (QED) is 0.576. The van der Waals surface area contributed by atoms with E-state index in [9.17, 15) is 0 Å². The SMILES string of the molecule is COc1ccc(C(CCC2CC2)NN)c(OC)c1. The predicted octanol–water partition coefficient (Wildman–Crippen LogP) is 2.40. The van der Waals surface area contributed by atoms with Gasteiger partial charge in [-0.25, -0.2) is 0 Å². The molecule has 3 N–H and O–H groups in total. The Morgan fingerprint density at radius 1 is 1.33 bits per heavy atom. The van der Waals surface area contributed by atoms with Crippen LogP contribution in [0.25, 0.3) is 0 Å². The molecule has 1 fully saturated rings. The van der Waals surface area contributed by atoms with Gasteiger partial charge in [0.25, 0.3) is 0 Å². The van der Waals surface area contributed by atoms with Crippen LogP contribution >= 0.6 is 0 Å². The van der Waals surface area contributed by atoms with E-state index in [0.29, 0.717) is 0 Å². The van der Waals surface area contributed by atoms with Gasteiger partial charge in [0.15, 0.2) is 0 Å². The zero-order chi connectivity index (χ0) is 13.0. The lowest BCUT2D eigenvalue weighted by atomic mass is 10.00. The molecule has 0 saturated heterocycles. The van der Waals surface area contributed by atoms with Crippen molar-refractivity contribution >= 4 is 0 Å². The van der Waals surface area contributed by atoms with E-state index in [2.05, 4.69) is 5.43 Å². The number of rotatable bonds is 7. The van der Waals surface area contributed by atoms with E-state index >= 15 is 0 Å². The number of hydrogen-bond donors (Lipinski definition) is 2. The molecule has 100 valence electrons. The van der Waals surface area contributed by atoms with Crippen molar-refractivity contribution in [3.8, 4) is 11.5 Å². The molecule has 1 saturated carbocycles. The highest BCUT2D eigenvalue weighted by Gasteiger charge is 2.24. The number of benzene rings is 1. The highest BCUT2D eigenvalue weighted by molar-refractivity contribution is 5.42. The summed E-state index contributed by atoms with van der Waals surface area (Å²) in [5.74, 6) is 8.20. The van der Waals surface area contributed by atoms with Gasteiger partial charge in [-0.2, -0.15) is 0 Å². The van der Waals surface area contributed by atoms with Crippen LogP contribution in [0.4, 0.5) is 0 Å². The molecule has 1 unspecified atom stereocenters. The Morgan fingerprint density at radius 2 is 2.11 bits per heavy atom. The van der Waals surface area contributed by atoms with Gasteiger partial charge in [0.2, 0.25) is 0 Å². The lowest BCUT2D eigenvalue weighted by Gasteiger charge is -2.19. The van der Waals surface area contributed by atoms with Crippen LogP contribution in [-0.4, -0.2) is 14.2 Å². The number of hydrazine groups is 1. The molecule has 1 aromatic rings. The Bertz CT molecular complexity index is 391. The molecule has 18 heavy (non-hydrogen) atoms. The summed E-state index contributed by atoms with van der Waals surface area (Å²) >= 11 is 0. The molecular formula is C14H22N2O2. The first-order valence-corrected chi connectivity index (χ1v) is 6.46. The number of hydrogen-bond acceptors (Lipinski definition) is 4. The normalized spacial score (nSPS) is 16.4. The Balaban J connectivity index is 2.11. The van der Waals surface area contributed by atoms with Crippen molar-refractivity contribution in [2.24, 2.45) is 11.8 Å². The third-order valence-electron chi connectivity index (χ3n) is 3.58. The molecule has 2 rings (SSSR count). The largest absolute Gasteiger partial charge is 0.497 e. The van der Waals surface area contributed by atoms with E-state index < -0.39 is 0 Å². The van der Waals surface area contributed by atoms with Crippen molar-refractivity contribution in [1.82, 2.24) is 5.43 Å². The van der Waals surface area contributed by atoms with Crippen molar-refractivity contribution in [1.29, 1.82) is 0 Å². The van der Waals surface area contributed by atoms with Crippen molar-refractivity contribution in [2.45, 2.75) is 31.7 Å². The van der Waals surface area contributed by atoms with Gasteiger partial charge in [0, 0.05) is 17.7 Å². The molecular weight excluding hydrogens is 228 g/mol. The average molecular weight is 250 g/mol. The molecule has 4 heteroatoms. The van der Waals surface area contributed by atoms with E-state index in [1.807, 2.05) is 18.2 Å². The van der Waals surface area contributed by atoms with Gasteiger partial charge in [0.1, 0.15) is 11.5 Å². The minimum atomic E-state index is 0.145. The van der Waals surface area contributed by atoms with E-state index in [4.69, 9.17) is 15.3 Å². The fourth-order valence-electron chi connectivity index (χ4n) is 2.24. The maximum atomic E-state index is 5.67. The van der Waals surface area contributed by atoms with E-state index in [1.165, 1.54) is 19.3 Å². The first kappa shape index (κ1) is 13.2. The molecule has 0 amide bonds. The Kier molecular flexibility index (Phi) is 4.44. The van der Waals surface area contributed by atoms with Gasteiger partial charge in [-0.15, -0.1) is 0 Å². The highest BCUT2D eigenvalue weighted by Crippen LogP contribution is 2.37. The van der Waals surface area contributed by atoms with Crippen LogP contribution in [0.5, 0.6) is 11.5 Å². The third-order valence-corrected chi connectivity index (χ3v) is 3.58. The summed E-state index contributed by atoms with van der Waals surface area (Å²) in [5.41, 5.74) is 3.99. The van der Waals surface area contributed by atoms with E-state index in [0.717, 1.165) is 29.4 Å². The second-order valence-corrected chi connectivity index (χ2v) is 4.85. The summed E-state index contributed by atoms with van der Waals surface area (Å²) in [5, 5.41) is 0. The van der Waals surface area contributed by atoms with Crippen molar-refractivity contribution < 1.29 is 9.47 Å². The molecule has 1 aliphatic rings. The summed E-state index contributed by atoms with van der Waals surface area (Å²) in [6, 6.07) is 6.01. The molecule has 0 heterocycles. The topological polar surface area (TPSA) is 56.5 Å². The summed E-state index contributed by atoms with van der Waals surface area (Å²) in [4.78, 5) is 0. The van der Waals surface area contributed by atoms with E-state index in [-0.39, 0.29) is 6.04 Å². The zero-order valence-corrected chi connectivity index (χ0v) is 11.1. The Morgan fingerprint density at radius 3 is 2.67 bits per heavy atom. The first-order chi connectivity index (χ1) is 8.78. The van der Waals surface area contributed by atoms with Crippen LogP contribution in [0.2, 0.25) is 0 Å².